The van der Waals surface area contributed by atoms with Crippen LogP contribution in [0.4, 0.5) is 0 Å². The number of nitrogens with zero attached hydrogens (tertiary/aromatic N) is 3. The second-order valence-electron chi connectivity index (χ2n) is 6.03. The van der Waals surface area contributed by atoms with E-state index in [0.29, 0.717) is 13.0 Å². The number of aromatic nitrogens is 2. The van der Waals surface area contributed by atoms with Crippen molar-refractivity contribution >= 4 is 30.7 Å². The normalized spacial score (nSPS) is 20.9. The molecule has 1 saturated heterocycles. The summed E-state index contributed by atoms with van der Waals surface area (Å²) in [7, 11) is 1.91. The first-order chi connectivity index (χ1) is 8.86. The maximum Gasteiger partial charge on any atom is 0.227 e. The molecule has 1 amide bonds. The number of carbonyl (C=O) groups excluding carboxylic acids is 1. The van der Waals surface area contributed by atoms with Gasteiger partial charge in [-0.25, -0.2) is 0 Å². The predicted molar refractivity (Wildman–Crippen MR) is 89.2 cm³/mol. The van der Waals surface area contributed by atoms with Crippen LogP contribution in [0.2, 0.25) is 0 Å². The second-order valence-corrected chi connectivity index (χ2v) is 6.03. The highest BCUT2D eigenvalue weighted by molar-refractivity contribution is 5.85. The molecule has 1 aromatic heterocycles. The van der Waals surface area contributed by atoms with Gasteiger partial charge in [-0.15, -0.1) is 24.8 Å². The second kappa shape index (κ2) is 7.47. The number of amides is 1. The maximum atomic E-state index is 12.4. The molecule has 0 aliphatic carbocycles. The van der Waals surface area contributed by atoms with E-state index in [-0.39, 0.29) is 36.1 Å². The van der Waals surface area contributed by atoms with E-state index in [2.05, 4.69) is 12.0 Å². The van der Waals surface area contributed by atoms with Gasteiger partial charge < -0.3 is 10.6 Å². The molecule has 1 atom stereocenters. The molecule has 0 radical (unpaired) electrons. The minimum Gasteiger partial charge on any atom is -0.342 e. The van der Waals surface area contributed by atoms with Crippen LogP contribution in [-0.4, -0.2) is 40.2 Å². The van der Waals surface area contributed by atoms with Crippen LogP contribution in [0, 0.1) is 19.3 Å². The Labute approximate surface area is 139 Å². The lowest BCUT2D eigenvalue weighted by atomic mass is 9.90. The number of carbonyl (C=O) groups is 1. The van der Waals surface area contributed by atoms with Crippen molar-refractivity contribution < 1.29 is 4.79 Å². The monoisotopic (exact) mass is 336 g/mol. The van der Waals surface area contributed by atoms with Crippen LogP contribution in [-0.2, 0) is 18.3 Å². The highest BCUT2D eigenvalue weighted by Crippen LogP contribution is 2.29. The molecule has 1 aliphatic heterocycles. The molecule has 1 unspecified atom stereocenters. The predicted octanol–water partition coefficient (Wildman–Crippen LogP) is 1.62. The third-order valence-electron chi connectivity index (χ3n) is 4.39. The average molecular weight is 337 g/mol. The lowest BCUT2D eigenvalue weighted by Gasteiger charge is -2.22. The Hall–Kier alpha value is -0.780. The van der Waals surface area contributed by atoms with Gasteiger partial charge in [0.05, 0.1) is 12.1 Å². The fraction of sp³-hybridized carbons (Fsp3) is 0.714. The summed E-state index contributed by atoms with van der Waals surface area (Å²) in [6.45, 7) is 8.37. The van der Waals surface area contributed by atoms with E-state index in [1.165, 1.54) is 0 Å². The minimum atomic E-state index is 0. The first-order valence-electron chi connectivity index (χ1n) is 6.83. The molecule has 1 aliphatic rings. The smallest absolute Gasteiger partial charge is 0.227 e. The molecule has 1 aromatic rings. The summed E-state index contributed by atoms with van der Waals surface area (Å²) in [5.74, 6) is 0.191. The van der Waals surface area contributed by atoms with E-state index >= 15 is 0 Å². The molecule has 7 heteroatoms. The molecule has 0 spiro atoms. The molecule has 21 heavy (non-hydrogen) atoms. The minimum absolute atomic E-state index is 0. The van der Waals surface area contributed by atoms with Gasteiger partial charge in [0.15, 0.2) is 0 Å². The molecule has 0 bridgehead atoms. The standard InChI is InChI=1S/C14H24N4O.2ClH/c1-10-12(11(2)17(4)16-10)7-13(19)18-6-5-14(3,8-15)9-18;;/h5-9,15H2,1-4H3;2*1H. The zero-order valence-corrected chi connectivity index (χ0v) is 14.8. The summed E-state index contributed by atoms with van der Waals surface area (Å²) in [5, 5.41) is 4.36. The summed E-state index contributed by atoms with van der Waals surface area (Å²) in [6.07, 6.45) is 1.45. The molecule has 2 N–H and O–H groups in total. The quantitative estimate of drug-likeness (QED) is 0.912. The molecule has 2 rings (SSSR count). The van der Waals surface area contributed by atoms with Crippen molar-refractivity contribution in [2.75, 3.05) is 19.6 Å². The number of likely N-dealkylation sites (tertiary alicyclic amines) is 1. The molecule has 122 valence electrons. The number of rotatable bonds is 3. The fourth-order valence-electron chi connectivity index (χ4n) is 2.74. The van der Waals surface area contributed by atoms with Crippen LogP contribution in [0.1, 0.15) is 30.3 Å². The third-order valence-corrected chi connectivity index (χ3v) is 4.39. The summed E-state index contributed by atoms with van der Waals surface area (Å²) >= 11 is 0. The molecule has 0 aromatic carbocycles. The highest BCUT2D eigenvalue weighted by Gasteiger charge is 2.35. The van der Waals surface area contributed by atoms with Gasteiger partial charge in [-0.1, -0.05) is 6.92 Å². The Bertz CT molecular complexity index is 503. The van der Waals surface area contributed by atoms with Gasteiger partial charge in [0.2, 0.25) is 5.91 Å². The molecule has 2 heterocycles. The Morgan fingerprint density at radius 3 is 2.43 bits per heavy atom. The summed E-state index contributed by atoms with van der Waals surface area (Å²) in [5.41, 5.74) is 8.97. The van der Waals surface area contributed by atoms with Crippen LogP contribution in [0.25, 0.3) is 0 Å². The molecule has 5 nitrogen and oxygen atoms in total. The number of aryl methyl sites for hydroxylation is 2. The zero-order valence-electron chi connectivity index (χ0n) is 13.2. The third kappa shape index (κ3) is 4.11. The molecular weight excluding hydrogens is 311 g/mol. The molecule has 0 saturated carbocycles. The van der Waals surface area contributed by atoms with Gasteiger partial charge >= 0.3 is 0 Å². The zero-order chi connectivity index (χ0) is 14.2. The van der Waals surface area contributed by atoms with Crippen LogP contribution in [0.5, 0.6) is 0 Å². The number of hydrogen-bond donors (Lipinski definition) is 1. The van der Waals surface area contributed by atoms with Crippen molar-refractivity contribution in [1.29, 1.82) is 0 Å². The van der Waals surface area contributed by atoms with Crippen LogP contribution >= 0.6 is 24.8 Å². The van der Waals surface area contributed by atoms with E-state index in [9.17, 15) is 4.79 Å². The van der Waals surface area contributed by atoms with Gasteiger partial charge in [-0.3, -0.25) is 9.48 Å². The van der Waals surface area contributed by atoms with Gasteiger partial charge in [-0.2, -0.15) is 5.10 Å². The van der Waals surface area contributed by atoms with E-state index in [0.717, 1.165) is 36.5 Å². The summed E-state index contributed by atoms with van der Waals surface area (Å²) in [4.78, 5) is 14.3. The SMILES string of the molecule is Cc1nn(C)c(C)c1CC(=O)N1CCC(C)(CN)C1.Cl.Cl. The summed E-state index contributed by atoms with van der Waals surface area (Å²) in [6, 6.07) is 0. The molecule has 1 fully saturated rings. The van der Waals surface area contributed by atoms with Gasteiger partial charge in [0.25, 0.3) is 0 Å². The van der Waals surface area contributed by atoms with Crippen molar-refractivity contribution in [2.24, 2.45) is 18.2 Å². The Morgan fingerprint density at radius 1 is 1.38 bits per heavy atom. The van der Waals surface area contributed by atoms with Crippen LogP contribution < -0.4 is 5.73 Å². The van der Waals surface area contributed by atoms with E-state index in [4.69, 9.17) is 5.73 Å². The highest BCUT2D eigenvalue weighted by atomic mass is 35.5. The largest absolute Gasteiger partial charge is 0.342 e. The first kappa shape index (κ1) is 20.2. The van der Waals surface area contributed by atoms with Gasteiger partial charge in [0.1, 0.15) is 0 Å². The maximum absolute atomic E-state index is 12.4. The van der Waals surface area contributed by atoms with Gasteiger partial charge in [0, 0.05) is 31.4 Å². The van der Waals surface area contributed by atoms with E-state index in [1.807, 2.05) is 30.5 Å². The van der Waals surface area contributed by atoms with E-state index in [1.54, 1.807) is 0 Å². The first-order valence-corrected chi connectivity index (χ1v) is 6.83. The number of halogens is 2. The average Bonchev–Trinajstić information content (AvgIpc) is 2.87. The number of hydrogen-bond acceptors (Lipinski definition) is 3. The lowest BCUT2D eigenvalue weighted by Crippen LogP contribution is -2.35. The summed E-state index contributed by atoms with van der Waals surface area (Å²) < 4.78 is 1.84. The fourth-order valence-corrected chi connectivity index (χ4v) is 2.74. The molecular formula is C14H26Cl2N4O. The lowest BCUT2D eigenvalue weighted by molar-refractivity contribution is -0.129. The van der Waals surface area contributed by atoms with Crippen molar-refractivity contribution in [3.8, 4) is 0 Å². The Morgan fingerprint density at radius 2 is 2.00 bits per heavy atom. The number of nitrogens with two attached hydrogens (primary N) is 1. The Kier molecular flexibility index (Phi) is 7.20. The van der Waals surface area contributed by atoms with Crippen molar-refractivity contribution in [3.05, 3.63) is 17.0 Å². The van der Waals surface area contributed by atoms with E-state index < -0.39 is 0 Å². The topological polar surface area (TPSA) is 64.2 Å². The van der Waals surface area contributed by atoms with Crippen LogP contribution in [0.15, 0.2) is 0 Å². The van der Waals surface area contributed by atoms with Crippen molar-refractivity contribution in [2.45, 2.75) is 33.6 Å². The Balaban J connectivity index is 0.00000200. The van der Waals surface area contributed by atoms with Crippen LogP contribution in [0.3, 0.4) is 0 Å². The van der Waals surface area contributed by atoms with Gasteiger partial charge in [-0.05, 0) is 32.2 Å². The van der Waals surface area contributed by atoms with Crippen molar-refractivity contribution in [3.63, 3.8) is 0 Å². The van der Waals surface area contributed by atoms with Crippen molar-refractivity contribution in [1.82, 2.24) is 14.7 Å².